The average molecular weight is 217 g/mol. The number of rotatable bonds is 7. The minimum atomic E-state index is 0.155. The predicted molar refractivity (Wildman–Crippen MR) is 66.6 cm³/mol. The van der Waals surface area contributed by atoms with Crippen molar-refractivity contribution in [3.8, 4) is 0 Å². The van der Waals surface area contributed by atoms with E-state index in [0.29, 0.717) is 12.1 Å². The van der Waals surface area contributed by atoms with Crippen molar-refractivity contribution in [3.05, 3.63) is 42.2 Å². The van der Waals surface area contributed by atoms with Crippen molar-refractivity contribution in [3.63, 3.8) is 0 Å². The number of carbonyl (C=O) groups is 1. The second-order valence-electron chi connectivity index (χ2n) is 4.03. The standard InChI is InChI=1S/C14H19NO/c1-3-4-5-6-7-8-14(16)13-11-12(2)9-10-15-13/h3,9-11H,1,4-8H2,2H3. The molecular weight excluding hydrogens is 198 g/mol. The van der Waals surface area contributed by atoms with E-state index in [1.165, 1.54) is 0 Å². The van der Waals surface area contributed by atoms with Crippen LogP contribution < -0.4 is 0 Å². The zero-order valence-electron chi connectivity index (χ0n) is 9.91. The Labute approximate surface area is 97.4 Å². The van der Waals surface area contributed by atoms with Gasteiger partial charge in [0.2, 0.25) is 0 Å². The first-order valence-electron chi connectivity index (χ1n) is 5.81. The fraction of sp³-hybridized carbons (Fsp3) is 0.429. The first-order chi connectivity index (χ1) is 7.74. The third kappa shape index (κ3) is 4.39. The molecule has 1 aromatic heterocycles. The van der Waals surface area contributed by atoms with Crippen LogP contribution in [0, 0.1) is 6.92 Å². The maximum atomic E-state index is 11.7. The van der Waals surface area contributed by atoms with Crippen LogP contribution in [0.2, 0.25) is 0 Å². The smallest absolute Gasteiger partial charge is 0.181 e. The number of pyridine rings is 1. The molecule has 0 saturated heterocycles. The lowest BCUT2D eigenvalue weighted by molar-refractivity contribution is 0.0974. The summed E-state index contributed by atoms with van der Waals surface area (Å²) in [6.07, 6.45) is 8.42. The zero-order valence-corrected chi connectivity index (χ0v) is 9.91. The van der Waals surface area contributed by atoms with E-state index in [2.05, 4.69) is 11.6 Å². The molecule has 1 aromatic rings. The molecule has 1 heterocycles. The monoisotopic (exact) mass is 217 g/mol. The summed E-state index contributed by atoms with van der Waals surface area (Å²) >= 11 is 0. The third-order valence-corrected chi connectivity index (χ3v) is 2.51. The molecular formula is C14H19NO. The van der Waals surface area contributed by atoms with Gasteiger partial charge in [-0.2, -0.15) is 0 Å². The molecule has 0 saturated carbocycles. The van der Waals surface area contributed by atoms with Crippen molar-refractivity contribution in [2.24, 2.45) is 0 Å². The van der Waals surface area contributed by atoms with Gasteiger partial charge in [0, 0.05) is 12.6 Å². The Morgan fingerprint density at radius 3 is 2.94 bits per heavy atom. The van der Waals surface area contributed by atoms with Gasteiger partial charge in [0.15, 0.2) is 5.78 Å². The van der Waals surface area contributed by atoms with Gasteiger partial charge in [-0.25, -0.2) is 0 Å². The summed E-state index contributed by atoms with van der Waals surface area (Å²) in [5.74, 6) is 0.155. The van der Waals surface area contributed by atoms with Crippen LogP contribution >= 0.6 is 0 Å². The van der Waals surface area contributed by atoms with E-state index in [1.807, 2.05) is 25.1 Å². The van der Waals surface area contributed by atoms with Crippen molar-refractivity contribution < 1.29 is 4.79 Å². The summed E-state index contributed by atoms with van der Waals surface area (Å²) < 4.78 is 0. The molecule has 0 fully saturated rings. The topological polar surface area (TPSA) is 30.0 Å². The molecule has 0 aromatic carbocycles. The van der Waals surface area contributed by atoms with Crippen LogP contribution in [-0.4, -0.2) is 10.8 Å². The Morgan fingerprint density at radius 1 is 1.44 bits per heavy atom. The van der Waals surface area contributed by atoms with E-state index in [-0.39, 0.29) is 5.78 Å². The van der Waals surface area contributed by atoms with Crippen LogP contribution in [-0.2, 0) is 0 Å². The molecule has 16 heavy (non-hydrogen) atoms. The Hall–Kier alpha value is -1.44. The third-order valence-electron chi connectivity index (χ3n) is 2.51. The van der Waals surface area contributed by atoms with Gasteiger partial charge < -0.3 is 0 Å². The maximum Gasteiger partial charge on any atom is 0.181 e. The lowest BCUT2D eigenvalue weighted by Crippen LogP contribution is -2.02. The number of unbranched alkanes of at least 4 members (excludes halogenated alkanes) is 3. The maximum absolute atomic E-state index is 11.7. The predicted octanol–water partition coefficient (Wildman–Crippen LogP) is 3.71. The average Bonchev–Trinajstić information content (AvgIpc) is 2.28. The summed E-state index contributed by atoms with van der Waals surface area (Å²) in [6, 6.07) is 3.76. The second-order valence-corrected chi connectivity index (χ2v) is 4.03. The normalized spacial score (nSPS) is 10.1. The van der Waals surface area contributed by atoms with Gasteiger partial charge in [-0.3, -0.25) is 9.78 Å². The zero-order chi connectivity index (χ0) is 11.8. The van der Waals surface area contributed by atoms with Gasteiger partial charge in [0.05, 0.1) is 0 Å². The highest BCUT2D eigenvalue weighted by Gasteiger charge is 2.06. The molecule has 0 radical (unpaired) electrons. The number of aryl methyl sites for hydroxylation is 1. The fourth-order valence-corrected chi connectivity index (χ4v) is 1.57. The number of carbonyl (C=O) groups excluding carboxylic acids is 1. The highest BCUT2D eigenvalue weighted by molar-refractivity contribution is 5.94. The van der Waals surface area contributed by atoms with E-state index < -0.39 is 0 Å². The molecule has 2 nitrogen and oxygen atoms in total. The van der Waals surface area contributed by atoms with Crippen molar-refractivity contribution in [1.82, 2.24) is 4.98 Å². The van der Waals surface area contributed by atoms with Gasteiger partial charge in [0.1, 0.15) is 5.69 Å². The Morgan fingerprint density at radius 2 is 2.25 bits per heavy atom. The van der Waals surface area contributed by atoms with Gasteiger partial charge in [0.25, 0.3) is 0 Å². The second kappa shape index (κ2) is 6.94. The Balaban J connectivity index is 2.32. The van der Waals surface area contributed by atoms with Crippen LogP contribution in [0.4, 0.5) is 0 Å². The van der Waals surface area contributed by atoms with Crippen LogP contribution in [0.15, 0.2) is 31.0 Å². The summed E-state index contributed by atoms with van der Waals surface area (Å²) in [6.45, 7) is 5.65. The highest BCUT2D eigenvalue weighted by atomic mass is 16.1. The number of hydrogen-bond acceptors (Lipinski definition) is 2. The minimum absolute atomic E-state index is 0.155. The van der Waals surface area contributed by atoms with Crippen molar-refractivity contribution in [2.75, 3.05) is 0 Å². The molecule has 0 aliphatic carbocycles. The number of hydrogen-bond donors (Lipinski definition) is 0. The quantitative estimate of drug-likeness (QED) is 0.396. The van der Waals surface area contributed by atoms with Gasteiger partial charge in [-0.1, -0.05) is 12.5 Å². The molecule has 0 spiro atoms. The highest BCUT2D eigenvalue weighted by Crippen LogP contribution is 2.08. The molecule has 0 bridgehead atoms. The van der Waals surface area contributed by atoms with Crippen molar-refractivity contribution in [1.29, 1.82) is 0 Å². The molecule has 0 aliphatic heterocycles. The van der Waals surface area contributed by atoms with E-state index in [9.17, 15) is 4.79 Å². The van der Waals surface area contributed by atoms with Crippen LogP contribution in [0.25, 0.3) is 0 Å². The fourth-order valence-electron chi connectivity index (χ4n) is 1.57. The summed E-state index contributed by atoms with van der Waals surface area (Å²) in [7, 11) is 0. The molecule has 1 rings (SSSR count). The van der Waals surface area contributed by atoms with Crippen molar-refractivity contribution in [2.45, 2.75) is 39.0 Å². The van der Waals surface area contributed by atoms with Crippen LogP contribution in [0.3, 0.4) is 0 Å². The minimum Gasteiger partial charge on any atom is -0.292 e. The van der Waals surface area contributed by atoms with Crippen LogP contribution in [0.1, 0.15) is 48.2 Å². The molecule has 0 unspecified atom stereocenters. The van der Waals surface area contributed by atoms with Crippen LogP contribution in [0.5, 0.6) is 0 Å². The largest absolute Gasteiger partial charge is 0.292 e. The summed E-state index contributed by atoms with van der Waals surface area (Å²) in [5.41, 5.74) is 1.69. The summed E-state index contributed by atoms with van der Waals surface area (Å²) in [4.78, 5) is 15.8. The lowest BCUT2D eigenvalue weighted by atomic mass is 10.1. The molecule has 0 atom stereocenters. The van der Waals surface area contributed by atoms with Crippen molar-refractivity contribution >= 4 is 5.78 Å². The Kier molecular flexibility index (Phi) is 5.48. The number of aromatic nitrogens is 1. The molecule has 0 aliphatic rings. The molecule has 86 valence electrons. The summed E-state index contributed by atoms with van der Waals surface area (Å²) in [5, 5.41) is 0. The van der Waals surface area contributed by atoms with E-state index in [0.717, 1.165) is 31.2 Å². The molecule has 2 heteroatoms. The number of allylic oxidation sites excluding steroid dienone is 1. The van der Waals surface area contributed by atoms with Gasteiger partial charge in [-0.15, -0.1) is 6.58 Å². The van der Waals surface area contributed by atoms with Gasteiger partial charge in [-0.05, 0) is 43.9 Å². The molecule has 0 amide bonds. The first kappa shape index (κ1) is 12.6. The van der Waals surface area contributed by atoms with E-state index in [4.69, 9.17) is 0 Å². The number of ketones is 1. The Bertz CT molecular complexity index is 358. The lowest BCUT2D eigenvalue weighted by Gasteiger charge is -2.01. The van der Waals surface area contributed by atoms with E-state index in [1.54, 1.807) is 6.20 Å². The van der Waals surface area contributed by atoms with E-state index >= 15 is 0 Å². The SMILES string of the molecule is C=CCCCCCC(=O)c1cc(C)ccn1. The number of Topliss-reactive ketones (excluding diaryl/α,β-unsaturated/α-hetero) is 1. The molecule has 0 N–H and O–H groups in total. The number of nitrogens with zero attached hydrogens (tertiary/aromatic N) is 1. The van der Waals surface area contributed by atoms with Gasteiger partial charge >= 0.3 is 0 Å². The first-order valence-corrected chi connectivity index (χ1v) is 5.81.